The van der Waals surface area contributed by atoms with Gasteiger partial charge in [0, 0.05) is 38.0 Å². The molecule has 0 saturated carbocycles. The Kier molecular flexibility index (Phi) is 7.06. The molecule has 0 aliphatic carbocycles. The maximum atomic E-state index is 12.4. The molecule has 2 amide bonds. The van der Waals surface area contributed by atoms with Crippen molar-refractivity contribution in [3.05, 3.63) is 24.3 Å². The zero-order valence-electron chi connectivity index (χ0n) is 15.8. The van der Waals surface area contributed by atoms with Crippen molar-refractivity contribution >= 4 is 27.5 Å². The van der Waals surface area contributed by atoms with E-state index < -0.39 is 10.0 Å². The first-order valence-electron chi connectivity index (χ1n) is 8.91. The van der Waals surface area contributed by atoms with E-state index in [-0.39, 0.29) is 30.7 Å². The number of amides is 2. The average molecular weight is 397 g/mol. The standard InChI is InChI=1S/C18H27N3O5S/c1-26-16-6-3-5-15(13-16)21(27(2,24)25)10-4-7-17(22)20-11-8-14(9-12-20)18(19)23/h3,5-6,13-14H,4,7-12H2,1-2H3,(H2,19,23). The molecule has 0 aromatic heterocycles. The van der Waals surface area contributed by atoms with Gasteiger partial charge in [-0.2, -0.15) is 0 Å². The molecule has 1 saturated heterocycles. The molecule has 0 spiro atoms. The molecule has 1 aliphatic rings. The fraction of sp³-hybridized carbons (Fsp3) is 0.556. The molecule has 9 heteroatoms. The van der Waals surface area contributed by atoms with Gasteiger partial charge in [-0.05, 0) is 31.4 Å². The summed E-state index contributed by atoms with van der Waals surface area (Å²) >= 11 is 0. The second-order valence-corrected chi connectivity index (χ2v) is 8.60. The van der Waals surface area contributed by atoms with E-state index in [1.807, 2.05) is 0 Å². The molecule has 2 rings (SSSR count). The third-order valence-corrected chi connectivity index (χ3v) is 5.94. The van der Waals surface area contributed by atoms with Gasteiger partial charge in [0.1, 0.15) is 5.75 Å². The van der Waals surface area contributed by atoms with Gasteiger partial charge in [-0.1, -0.05) is 6.07 Å². The van der Waals surface area contributed by atoms with Crippen molar-refractivity contribution in [1.29, 1.82) is 0 Å². The molecule has 1 aromatic rings. The van der Waals surface area contributed by atoms with Crippen molar-refractivity contribution in [3.8, 4) is 5.75 Å². The lowest BCUT2D eigenvalue weighted by Gasteiger charge is -2.31. The third kappa shape index (κ3) is 5.85. The monoisotopic (exact) mass is 397 g/mol. The number of sulfonamides is 1. The SMILES string of the molecule is COc1cccc(N(CCCC(=O)N2CCC(C(N)=O)CC2)S(C)(=O)=O)c1. The van der Waals surface area contributed by atoms with Gasteiger partial charge in [-0.15, -0.1) is 0 Å². The number of carbonyl (C=O) groups excluding carboxylic acids is 2. The molecule has 0 radical (unpaired) electrons. The highest BCUT2D eigenvalue weighted by Crippen LogP contribution is 2.24. The first-order chi connectivity index (χ1) is 12.7. The Balaban J connectivity index is 1.92. The summed E-state index contributed by atoms with van der Waals surface area (Å²) in [4.78, 5) is 25.3. The molecule has 1 fully saturated rings. The van der Waals surface area contributed by atoms with Gasteiger partial charge in [0.2, 0.25) is 21.8 Å². The normalized spacial score (nSPS) is 15.4. The minimum Gasteiger partial charge on any atom is -0.497 e. The lowest BCUT2D eigenvalue weighted by molar-refractivity contribution is -0.134. The summed E-state index contributed by atoms with van der Waals surface area (Å²) < 4.78 is 30.7. The van der Waals surface area contributed by atoms with E-state index in [0.717, 1.165) is 6.26 Å². The first-order valence-corrected chi connectivity index (χ1v) is 10.8. The van der Waals surface area contributed by atoms with Gasteiger partial charge in [0.15, 0.2) is 0 Å². The molecule has 0 unspecified atom stereocenters. The molecule has 27 heavy (non-hydrogen) atoms. The van der Waals surface area contributed by atoms with Crippen LogP contribution in [0.15, 0.2) is 24.3 Å². The number of methoxy groups -OCH3 is 1. The molecular formula is C18H27N3O5S. The fourth-order valence-electron chi connectivity index (χ4n) is 3.20. The van der Waals surface area contributed by atoms with Crippen LogP contribution in [0.2, 0.25) is 0 Å². The van der Waals surface area contributed by atoms with Gasteiger partial charge >= 0.3 is 0 Å². The topological polar surface area (TPSA) is 110 Å². The molecule has 150 valence electrons. The Morgan fingerprint density at radius 2 is 1.96 bits per heavy atom. The predicted octanol–water partition coefficient (Wildman–Crippen LogP) is 0.965. The summed E-state index contributed by atoms with van der Waals surface area (Å²) in [7, 11) is -1.96. The first kappa shape index (κ1) is 21.0. The van der Waals surface area contributed by atoms with Crippen LogP contribution in [0.1, 0.15) is 25.7 Å². The van der Waals surface area contributed by atoms with Gasteiger partial charge in [-0.3, -0.25) is 13.9 Å². The number of piperidine rings is 1. The van der Waals surface area contributed by atoms with E-state index in [1.165, 1.54) is 11.4 Å². The van der Waals surface area contributed by atoms with Crippen molar-refractivity contribution in [1.82, 2.24) is 4.90 Å². The second-order valence-electron chi connectivity index (χ2n) is 6.70. The van der Waals surface area contributed by atoms with Crippen molar-refractivity contribution in [2.75, 3.05) is 37.3 Å². The zero-order valence-corrected chi connectivity index (χ0v) is 16.6. The summed E-state index contributed by atoms with van der Waals surface area (Å²) in [6.07, 6.45) is 2.96. The number of nitrogens with zero attached hydrogens (tertiary/aromatic N) is 2. The van der Waals surface area contributed by atoms with Crippen molar-refractivity contribution in [2.45, 2.75) is 25.7 Å². The minimum absolute atomic E-state index is 0.0305. The van der Waals surface area contributed by atoms with Crippen molar-refractivity contribution in [2.24, 2.45) is 11.7 Å². The number of primary amides is 1. The Morgan fingerprint density at radius 1 is 1.30 bits per heavy atom. The molecule has 2 N–H and O–H groups in total. The Hall–Kier alpha value is -2.29. The van der Waals surface area contributed by atoms with Crippen LogP contribution < -0.4 is 14.8 Å². The predicted molar refractivity (Wildman–Crippen MR) is 103 cm³/mol. The average Bonchev–Trinajstić information content (AvgIpc) is 2.64. The number of likely N-dealkylation sites (tertiary alicyclic amines) is 1. The summed E-state index contributed by atoms with van der Waals surface area (Å²) in [6, 6.07) is 6.81. The third-order valence-electron chi connectivity index (χ3n) is 4.74. The van der Waals surface area contributed by atoms with Crippen LogP contribution in [0, 0.1) is 5.92 Å². The van der Waals surface area contributed by atoms with E-state index in [1.54, 1.807) is 29.2 Å². The van der Waals surface area contributed by atoms with Crippen LogP contribution >= 0.6 is 0 Å². The number of rotatable bonds is 8. The van der Waals surface area contributed by atoms with Crippen molar-refractivity contribution in [3.63, 3.8) is 0 Å². The summed E-state index contributed by atoms with van der Waals surface area (Å²) in [5.41, 5.74) is 5.81. The summed E-state index contributed by atoms with van der Waals surface area (Å²) in [6.45, 7) is 1.23. The van der Waals surface area contributed by atoms with E-state index >= 15 is 0 Å². The number of anilines is 1. The molecule has 8 nitrogen and oxygen atoms in total. The van der Waals surface area contributed by atoms with E-state index in [0.29, 0.717) is 43.8 Å². The van der Waals surface area contributed by atoms with Crippen LogP contribution in [0.4, 0.5) is 5.69 Å². The highest BCUT2D eigenvalue weighted by molar-refractivity contribution is 7.92. The van der Waals surface area contributed by atoms with Crippen molar-refractivity contribution < 1.29 is 22.7 Å². The zero-order chi connectivity index (χ0) is 20.0. The summed E-state index contributed by atoms with van der Waals surface area (Å²) in [5, 5.41) is 0. The van der Waals surface area contributed by atoms with Gasteiger partial charge in [0.05, 0.1) is 19.1 Å². The van der Waals surface area contributed by atoms with Crippen LogP contribution in [-0.2, 0) is 19.6 Å². The summed E-state index contributed by atoms with van der Waals surface area (Å²) in [5.74, 6) is 0.0542. The van der Waals surface area contributed by atoms with Crippen LogP contribution in [0.3, 0.4) is 0 Å². The Bertz CT molecular complexity index is 773. The number of ether oxygens (including phenoxy) is 1. The molecule has 0 bridgehead atoms. The van der Waals surface area contributed by atoms with Crippen LogP contribution in [-0.4, -0.2) is 58.1 Å². The van der Waals surface area contributed by atoms with Crippen LogP contribution in [0.25, 0.3) is 0 Å². The fourth-order valence-corrected chi connectivity index (χ4v) is 4.15. The largest absolute Gasteiger partial charge is 0.497 e. The maximum absolute atomic E-state index is 12.4. The smallest absolute Gasteiger partial charge is 0.232 e. The van der Waals surface area contributed by atoms with Crippen LogP contribution in [0.5, 0.6) is 5.75 Å². The van der Waals surface area contributed by atoms with E-state index in [2.05, 4.69) is 0 Å². The number of hydrogen-bond donors (Lipinski definition) is 1. The molecule has 1 heterocycles. The minimum atomic E-state index is -3.48. The van der Waals surface area contributed by atoms with Gasteiger partial charge in [-0.25, -0.2) is 8.42 Å². The maximum Gasteiger partial charge on any atom is 0.232 e. The van der Waals surface area contributed by atoms with E-state index in [4.69, 9.17) is 10.5 Å². The molecule has 0 atom stereocenters. The molecular weight excluding hydrogens is 370 g/mol. The lowest BCUT2D eigenvalue weighted by atomic mass is 9.96. The Labute approximate surface area is 160 Å². The highest BCUT2D eigenvalue weighted by Gasteiger charge is 2.26. The second kappa shape index (κ2) is 9.07. The van der Waals surface area contributed by atoms with Gasteiger partial charge in [0.25, 0.3) is 0 Å². The lowest BCUT2D eigenvalue weighted by Crippen LogP contribution is -2.42. The van der Waals surface area contributed by atoms with Gasteiger partial charge < -0.3 is 15.4 Å². The number of benzene rings is 1. The number of carbonyl (C=O) groups is 2. The molecule has 1 aliphatic heterocycles. The quantitative estimate of drug-likeness (QED) is 0.703. The molecule has 1 aromatic carbocycles. The van der Waals surface area contributed by atoms with E-state index in [9.17, 15) is 18.0 Å². The highest BCUT2D eigenvalue weighted by atomic mass is 32.2. The number of nitrogens with two attached hydrogens (primary N) is 1. The number of hydrogen-bond acceptors (Lipinski definition) is 5. The Morgan fingerprint density at radius 3 is 2.52 bits per heavy atom.